The molecule has 1 N–H and O–H groups in total. The summed E-state index contributed by atoms with van der Waals surface area (Å²) < 4.78 is 22.6. The number of hydrogen-bond donors (Lipinski definition) is 1. The number of carbonyl (C=O) groups is 1. The second-order valence-corrected chi connectivity index (χ2v) is 7.49. The second kappa shape index (κ2) is 6.43. The van der Waals surface area contributed by atoms with Gasteiger partial charge in [0.05, 0.1) is 28.6 Å². The number of hydrogen-bond acceptors (Lipinski definition) is 5. The quantitative estimate of drug-likeness (QED) is 0.890. The van der Waals surface area contributed by atoms with Crippen molar-refractivity contribution in [1.82, 2.24) is 4.90 Å². The van der Waals surface area contributed by atoms with Crippen molar-refractivity contribution in [2.75, 3.05) is 36.5 Å². The van der Waals surface area contributed by atoms with Crippen LogP contribution < -0.4 is 5.32 Å². The lowest BCUT2D eigenvalue weighted by Gasteiger charge is -2.25. The summed E-state index contributed by atoms with van der Waals surface area (Å²) in [5.74, 6) is -0.0681. The van der Waals surface area contributed by atoms with Gasteiger partial charge in [0.25, 0.3) is 0 Å². The molecule has 1 heterocycles. The highest BCUT2D eigenvalue weighted by atomic mass is 35.5. The van der Waals surface area contributed by atoms with E-state index in [9.17, 15) is 13.2 Å². The Hall–Kier alpha value is -1.62. The van der Waals surface area contributed by atoms with Crippen LogP contribution in [0.15, 0.2) is 18.2 Å². The molecule has 1 aromatic rings. The number of nitriles is 1. The van der Waals surface area contributed by atoms with Crippen molar-refractivity contribution < 1.29 is 13.2 Å². The van der Waals surface area contributed by atoms with Gasteiger partial charge in [-0.2, -0.15) is 5.26 Å². The zero-order valence-corrected chi connectivity index (χ0v) is 12.7. The summed E-state index contributed by atoms with van der Waals surface area (Å²) in [5, 5.41) is 11.7. The minimum Gasteiger partial charge on any atom is -0.325 e. The minimum atomic E-state index is -2.95. The molecule has 112 valence electrons. The van der Waals surface area contributed by atoms with E-state index in [4.69, 9.17) is 16.9 Å². The molecule has 6 nitrogen and oxygen atoms in total. The lowest BCUT2D eigenvalue weighted by atomic mass is 10.2. The Morgan fingerprint density at radius 1 is 1.38 bits per heavy atom. The zero-order valence-electron chi connectivity index (χ0n) is 11.2. The number of carbonyl (C=O) groups excluding carboxylic acids is 1. The highest BCUT2D eigenvalue weighted by molar-refractivity contribution is 7.91. The number of anilines is 1. The summed E-state index contributed by atoms with van der Waals surface area (Å²) in [4.78, 5) is 13.7. The van der Waals surface area contributed by atoms with E-state index in [1.807, 2.05) is 6.07 Å². The minimum absolute atomic E-state index is 0.0863. The Morgan fingerprint density at radius 2 is 2.05 bits per heavy atom. The van der Waals surface area contributed by atoms with Crippen LogP contribution in [0.4, 0.5) is 5.69 Å². The topological polar surface area (TPSA) is 90.3 Å². The third-order valence-corrected chi connectivity index (χ3v) is 5.10. The summed E-state index contributed by atoms with van der Waals surface area (Å²) in [7, 11) is -2.95. The summed E-state index contributed by atoms with van der Waals surface area (Å²) in [6.07, 6.45) is 0. The van der Waals surface area contributed by atoms with Crippen LogP contribution in [0.5, 0.6) is 0 Å². The van der Waals surface area contributed by atoms with Crippen molar-refractivity contribution in [1.29, 1.82) is 5.26 Å². The summed E-state index contributed by atoms with van der Waals surface area (Å²) in [5.41, 5.74) is 0.851. The number of benzene rings is 1. The van der Waals surface area contributed by atoms with Crippen LogP contribution in [0.25, 0.3) is 0 Å². The van der Waals surface area contributed by atoms with Crippen LogP contribution in [0.3, 0.4) is 0 Å². The molecule has 0 aromatic heterocycles. The standard InChI is InChI=1S/C13H14ClN3O3S/c14-12-7-11(2-1-10(12)8-15)16-13(18)9-17-3-5-21(19,20)6-4-17/h1-2,7H,3-6,9H2,(H,16,18). The smallest absolute Gasteiger partial charge is 0.238 e. The maximum absolute atomic E-state index is 11.9. The van der Waals surface area contributed by atoms with Gasteiger partial charge in [0.1, 0.15) is 6.07 Å². The van der Waals surface area contributed by atoms with Crippen molar-refractivity contribution in [3.05, 3.63) is 28.8 Å². The summed E-state index contributed by atoms with van der Waals surface area (Å²) in [6, 6.07) is 6.59. The average Bonchev–Trinajstić information content (AvgIpc) is 2.41. The Labute approximate surface area is 128 Å². The van der Waals surface area contributed by atoms with Crippen molar-refractivity contribution >= 4 is 33.0 Å². The van der Waals surface area contributed by atoms with E-state index in [1.54, 1.807) is 11.0 Å². The number of rotatable bonds is 3. The molecule has 1 saturated heterocycles. The van der Waals surface area contributed by atoms with Crippen LogP contribution in [0.1, 0.15) is 5.56 Å². The fourth-order valence-electron chi connectivity index (χ4n) is 2.00. The van der Waals surface area contributed by atoms with E-state index in [-0.39, 0.29) is 29.0 Å². The molecule has 8 heteroatoms. The fourth-order valence-corrected chi connectivity index (χ4v) is 3.50. The molecule has 1 fully saturated rings. The first-order valence-corrected chi connectivity index (χ1v) is 8.52. The van der Waals surface area contributed by atoms with E-state index >= 15 is 0 Å². The number of nitrogens with one attached hydrogen (secondary N) is 1. The molecule has 0 saturated carbocycles. The molecule has 1 aliphatic heterocycles. The van der Waals surface area contributed by atoms with E-state index < -0.39 is 9.84 Å². The monoisotopic (exact) mass is 327 g/mol. The summed E-state index contributed by atoms with van der Waals surface area (Å²) >= 11 is 5.89. The zero-order chi connectivity index (χ0) is 15.5. The van der Waals surface area contributed by atoms with E-state index in [0.717, 1.165) is 0 Å². The Balaban J connectivity index is 1.91. The summed E-state index contributed by atoms with van der Waals surface area (Å²) in [6.45, 7) is 0.862. The lowest BCUT2D eigenvalue weighted by Crippen LogP contribution is -2.43. The Morgan fingerprint density at radius 3 is 2.62 bits per heavy atom. The van der Waals surface area contributed by atoms with Gasteiger partial charge < -0.3 is 5.32 Å². The van der Waals surface area contributed by atoms with Gasteiger partial charge in [0, 0.05) is 18.8 Å². The largest absolute Gasteiger partial charge is 0.325 e. The molecule has 1 aromatic carbocycles. The molecule has 0 radical (unpaired) electrons. The molecule has 1 aliphatic rings. The first kappa shape index (κ1) is 15.8. The fraction of sp³-hybridized carbons (Fsp3) is 0.385. The molecule has 0 aliphatic carbocycles. The van der Waals surface area contributed by atoms with Crippen molar-refractivity contribution in [2.45, 2.75) is 0 Å². The van der Waals surface area contributed by atoms with Crippen molar-refractivity contribution in [3.63, 3.8) is 0 Å². The van der Waals surface area contributed by atoms with Gasteiger partial charge in [-0.15, -0.1) is 0 Å². The molecular weight excluding hydrogens is 314 g/mol. The number of nitrogens with zero attached hydrogens (tertiary/aromatic N) is 2. The Bertz CT molecular complexity index is 683. The van der Waals surface area contributed by atoms with Gasteiger partial charge >= 0.3 is 0 Å². The molecule has 0 bridgehead atoms. The average molecular weight is 328 g/mol. The van der Waals surface area contributed by atoms with Gasteiger partial charge in [0.2, 0.25) is 5.91 Å². The third-order valence-electron chi connectivity index (χ3n) is 3.18. The highest BCUT2D eigenvalue weighted by Crippen LogP contribution is 2.20. The molecule has 21 heavy (non-hydrogen) atoms. The highest BCUT2D eigenvalue weighted by Gasteiger charge is 2.22. The van der Waals surface area contributed by atoms with Crippen LogP contribution in [0, 0.1) is 11.3 Å². The van der Waals surface area contributed by atoms with Gasteiger partial charge in [-0.1, -0.05) is 11.6 Å². The van der Waals surface area contributed by atoms with Gasteiger partial charge in [0.15, 0.2) is 9.84 Å². The maximum Gasteiger partial charge on any atom is 0.238 e. The van der Waals surface area contributed by atoms with Crippen LogP contribution in [0.2, 0.25) is 5.02 Å². The van der Waals surface area contributed by atoms with E-state index in [0.29, 0.717) is 24.3 Å². The van der Waals surface area contributed by atoms with Crippen LogP contribution >= 0.6 is 11.6 Å². The van der Waals surface area contributed by atoms with Crippen LogP contribution in [-0.2, 0) is 14.6 Å². The number of sulfone groups is 1. The number of halogens is 1. The van der Waals surface area contributed by atoms with E-state index in [2.05, 4.69) is 5.32 Å². The van der Waals surface area contributed by atoms with Crippen LogP contribution in [-0.4, -0.2) is 50.4 Å². The van der Waals surface area contributed by atoms with Gasteiger partial charge in [-0.05, 0) is 18.2 Å². The molecule has 0 unspecified atom stereocenters. The predicted octanol–water partition coefficient (Wildman–Crippen LogP) is 0.881. The molecule has 0 atom stereocenters. The molecule has 0 spiro atoms. The van der Waals surface area contributed by atoms with Gasteiger partial charge in [-0.25, -0.2) is 8.42 Å². The number of amides is 1. The molecular formula is C13H14ClN3O3S. The van der Waals surface area contributed by atoms with Crippen molar-refractivity contribution in [2.24, 2.45) is 0 Å². The molecule has 1 amide bonds. The third kappa shape index (κ3) is 4.43. The van der Waals surface area contributed by atoms with Crippen molar-refractivity contribution in [3.8, 4) is 6.07 Å². The normalized spacial score (nSPS) is 17.9. The Kier molecular flexibility index (Phi) is 4.83. The first-order valence-electron chi connectivity index (χ1n) is 6.32. The maximum atomic E-state index is 11.9. The lowest BCUT2D eigenvalue weighted by molar-refractivity contribution is -0.117. The van der Waals surface area contributed by atoms with Gasteiger partial charge in [-0.3, -0.25) is 9.69 Å². The molecule has 2 rings (SSSR count). The first-order chi connectivity index (χ1) is 9.89. The van der Waals surface area contributed by atoms with E-state index in [1.165, 1.54) is 12.1 Å². The SMILES string of the molecule is N#Cc1ccc(NC(=O)CN2CCS(=O)(=O)CC2)cc1Cl. The second-order valence-electron chi connectivity index (χ2n) is 4.78. The predicted molar refractivity (Wildman–Crippen MR) is 79.9 cm³/mol.